The van der Waals surface area contributed by atoms with E-state index >= 15 is 0 Å². The minimum absolute atomic E-state index is 0.350. The van der Waals surface area contributed by atoms with Gasteiger partial charge in [-0.2, -0.15) is 0 Å². The molecular weight excluding hydrogens is 244 g/mol. The molecule has 0 spiro atoms. The predicted octanol–water partition coefficient (Wildman–Crippen LogP) is 4.31. The summed E-state index contributed by atoms with van der Waals surface area (Å²) >= 11 is 0. The predicted molar refractivity (Wildman–Crippen MR) is 85.9 cm³/mol. The molecule has 2 rings (SSSR count). The lowest BCUT2D eigenvalue weighted by Crippen LogP contribution is -2.54. The number of nitrogens with zero attached hydrogens (tertiary/aromatic N) is 1. The molecule has 0 amide bonds. The minimum Gasteiger partial charge on any atom is -0.316 e. The van der Waals surface area contributed by atoms with Crippen LogP contribution in [0.1, 0.15) is 64.9 Å². The van der Waals surface area contributed by atoms with Crippen molar-refractivity contribution >= 4 is 0 Å². The van der Waals surface area contributed by atoms with E-state index in [4.69, 9.17) is 0 Å². The average Bonchev–Trinajstić information content (AvgIpc) is 2.44. The van der Waals surface area contributed by atoms with Gasteiger partial charge < -0.3 is 5.32 Å². The van der Waals surface area contributed by atoms with Gasteiger partial charge in [-0.05, 0) is 55.3 Å². The van der Waals surface area contributed by atoms with E-state index in [2.05, 4.69) is 43.2 Å². The zero-order valence-corrected chi connectivity index (χ0v) is 13.4. The normalized spacial score (nSPS) is 19.6. The summed E-state index contributed by atoms with van der Waals surface area (Å²) in [7, 11) is 0. The summed E-state index contributed by atoms with van der Waals surface area (Å²) in [5.41, 5.74) is 2.43. The number of aromatic nitrogens is 1. The van der Waals surface area contributed by atoms with Crippen molar-refractivity contribution in [3.63, 3.8) is 0 Å². The van der Waals surface area contributed by atoms with Crippen LogP contribution in [0.3, 0.4) is 0 Å². The van der Waals surface area contributed by atoms with E-state index in [0.717, 1.165) is 13.1 Å². The molecule has 1 aliphatic rings. The summed E-state index contributed by atoms with van der Waals surface area (Å²) < 4.78 is 0. The van der Waals surface area contributed by atoms with Crippen molar-refractivity contribution in [2.45, 2.75) is 64.7 Å². The van der Waals surface area contributed by atoms with Crippen LogP contribution in [0, 0.1) is 5.41 Å². The number of pyridine rings is 1. The fraction of sp³-hybridized carbons (Fsp3) is 0.722. The Hall–Kier alpha value is -0.890. The summed E-state index contributed by atoms with van der Waals surface area (Å²) in [6.07, 6.45) is 12.0. The smallest absolute Gasteiger partial charge is 0.0270 e. The van der Waals surface area contributed by atoms with Crippen LogP contribution in [-0.2, 0) is 5.41 Å². The molecule has 1 aromatic rings. The minimum atomic E-state index is 0.350. The van der Waals surface area contributed by atoms with Gasteiger partial charge >= 0.3 is 0 Å². The summed E-state index contributed by atoms with van der Waals surface area (Å²) in [6, 6.07) is 4.44. The highest BCUT2D eigenvalue weighted by Crippen LogP contribution is 2.59. The maximum Gasteiger partial charge on any atom is 0.0270 e. The summed E-state index contributed by atoms with van der Waals surface area (Å²) in [5, 5.41) is 3.59. The number of nitrogens with one attached hydrogen (secondary N) is 1. The second-order valence-electron chi connectivity index (χ2n) is 6.65. The molecule has 0 bridgehead atoms. The van der Waals surface area contributed by atoms with E-state index in [1.54, 1.807) is 0 Å². The SMILES string of the molecule is CCCC1(CCC)CC(CNCC)(c2ccncc2)C1. The van der Waals surface area contributed by atoms with Gasteiger partial charge in [-0.1, -0.05) is 33.6 Å². The zero-order chi connectivity index (χ0) is 14.5. The maximum atomic E-state index is 4.19. The molecule has 2 nitrogen and oxygen atoms in total. The molecule has 0 aromatic carbocycles. The third-order valence-corrected chi connectivity index (χ3v) is 4.99. The largest absolute Gasteiger partial charge is 0.316 e. The quantitative estimate of drug-likeness (QED) is 0.764. The summed E-state index contributed by atoms with van der Waals surface area (Å²) in [5.74, 6) is 0. The van der Waals surface area contributed by atoms with Gasteiger partial charge in [0.05, 0.1) is 0 Å². The van der Waals surface area contributed by atoms with Crippen LogP contribution >= 0.6 is 0 Å². The molecular formula is C18H30N2. The second-order valence-corrected chi connectivity index (χ2v) is 6.65. The standard InChI is InChI=1S/C18H30N2/c1-4-9-17(10-5-2)13-18(14-17,15-19-6-3)16-7-11-20-12-8-16/h7-8,11-12,19H,4-6,9-10,13-15H2,1-3H3. The highest BCUT2D eigenvalue weighted by Gasteiger charge is 2.53. The van der Waals surface area contributed by atoms with Crippen molar-refractivity contribution < 1.29 is 0 Å². The molecule has 112 valence electrons. The van der Waals surface area contributed by atoms with Crippen molar-refractivity contribution in [2.24, 2.45) is 5.41 Å². The van der Waals surface area contributed by atoms with Gasteiger partial charge in [-0.3, -0.25) is 4.98 Å². The lowest BCUT2D eigenvalue weighted by molar-refractivity contribution is 0.00309. The number of rotatable bonds is 8. The molecule has 1 heterocycles. The molecule has 1 N–H and O–H groups in total. The first-order valence-electron chi connectivity index (χ1n) is 8.31. The van der Waals surface area contributed by atoms with Crippen molar-refractivity contribution in [3.8, 4) is 0 Å². The first-order chi connectivity index (χ1) is 9.70. The van der Waals surface area contributed by atoms with Crippen LogP contribution in [0.2, 0.25) is 0 Å². The van der Waals surface area contributed by atoms with Crippen LogP contribution in [0.4, 0.5) is 0 Å². The van der Waals surface area contributed by atoms with Crippen molar-refractivity contribution in [1.82, 2.24) is 10.3 Å². The first-order valence-corrected chi connectivity index (χ1v) is 8.31. The Balaban J connectivity index is 2.16. The van der Waals surface area contributed by atoms with E-state index in [9.17, 15) is 0 Å². The Morgan fingerprint density at radius 1 is 1.05 bits per heavy atom. The number of hydrogen-bond acceptors (Lipinski definition) is 2. The highest BCUT2D eigenvalue weighted by atomic mass is 14.9. The van der Waals surface area contributed by atoms with E-state index in [1.165, 1.54) is 44.1 Å². The van der Waals surface area contributed by atoms with Gasteiger partial charge in [0.2, 0.25) is 0 Å². The first kappa shape index (κ1) is 15.5. The number of hydrogen-bond donors (Lipinski definition) is 1. The third kappa shape index (κ3) is 3.06. The van der Waals surface area contributed by atoms with Gasteiger partial charge in [0, 0.05) is 24.4 Å². The van der Waals surface area contributed by atoms with E-state index in [1.807, 2.05) is 12.4 Å². The Labute approximate surface area is 124 Å². The van der Waals surface area contributed by atoms with Crippen LogP contribution in [-0.4, -0.2) is 18.1 Å². The molecule has 2 heteroatoms. The zero-order valence-electron chi connectivity index (χ0n) is 13.4. The molecule has 0 atom stereocenters. The Morgan fingerprint density at radius 2 is 1.65 bits per heavy atom. The fourth-order valence-corrected chi connectivity index (χ4v) is 4.42. The fourth-order valence-electron chi connectivity index (χ4n) is 4.42. The van der Waals surface area contributed by atoms with Gasteiger partial charge in [0.15, 0.2) is 0 Å². The van der Waals surface area contributed by atoms with E-state index < -0.39 is 0 Å². The molecule has 20 heavy (non-hydrogen) atoms. The average molecular weight is 274 g/mol. The monoisotopic (exact) mass is 274 g/mol. The summed E-state index contributed by atoms with van der Waals surface area (Å²) in [6.45, 7) is 9.02. The van der Waals surface area contributed by atoms with Gasteiger partial charge in [0.1, 0.15) is 0 Å². The molecule has 0 saturated heterocycles. The number of likely N-dealkylation sites (N-methyl/N-ethyl adjacent to an activating group) is 1. The van der Waals surface area contributed by atoms with Crippen molar-refractivity contribution in [3.05, 3.63) is 30.1 Å². The van der Waals surface area contributed by atoms with Crippen molar-refractivity contribution in [2.75, 3.05) is 13.1 Å². The highest BCUT2D eigenvalue weighted by molar-refractivity contribution is 5.30. The second kappa shape index (κ2) is 6.71. The van der Waals surface area contributed by atoms with Gasteiger partial charge in [0.25, 0.3) is 0 Å². The van der Waals surface area contributed by atoms with Crippen LogP contribution in [0.25, 0.3) is 0 Å². The topological polar surface area (TPSA) is 24.9 Å². The molecule has 0 unspecified atom stereocenters. The molecule has 0 radical (unpaired) electrons. The Morgan fingerprint density at radius 3 is 2.15 bits per heavy atom. The summed E-state index contributed by atoms with van der Waals surface area (Å²) in [4.78, 5) is 4.19. The van der Waals surface area contributed by atoms with Crippen LogP contribution in [0.5, 0.6) is 0 Å². The van der Waals surface area contributed by atoms with E-state index in [-0.39, 0.29) is 0 Å². The van der Waals surface area contributed by atoms with Crippen LogP contribution < -0.4 is 5.32 Å². The molecule has 1 aliphatic carbocycles. The molecule has 1 aromatic heterocycles. The lowest BCUT2D eigenvalue weighted by atomic mass is 9.48. The van der Waals surface area contributed by atoms with Crippen LogP contribution in [0.15, 0.2) is 24.5 Å². The van der Waals surface area contributed by atoms with E-state index in [0.29, 0.717) is 10.8 Å². The van der Waals surface area contributed by atoms with Gasteiger partial charge in [-0.25, -0.2) is 0 Å². The Kier molecular flexibility index (Phi) is 5.20. The molecule has 1 fully saturated rings. The molecule has 1 saturated carbocycles. The molecule has 0 aliphatic heterocycles. The van der Waals surface area contributed by atoms with Crippen molar-refractivity contribution in [1.29, 1.82) is 0 Å². The lowest BCUT2D eigenvalue weighted by Gasteiger charge is -2.57. The maximum absolute atomic E-state index is 4.19. The third-order valence-electron chi connectivity index (χ3n) is 4.99. The Bertz CT molecular complexity index is 385. The van der Waals surface area contributed by atoms with Gasteiger partial charge in [-0.15, -0.1) is 0 Å².